The van der Waals surface area contributed by atoms with E-state index in [1.165, 1.54) is 24.0 Å². The van der Waals surface area contributed by atoms with E-state index in [9.17, 15) is 4.79 Å². The Kier molecular flexibility index (Phi) is 2.29. The van der Waals surface area contributed by atoms with Crippen molar-refractivity contribution in [3.05, 3.63) is 34.9 Å². The van der Waals surface area contributed by atoms with Gasteiger partial charge in [0, 0.05) is 5.56 Å². The van der Waals surface area contributed by atoms with Crippen molar-refractivity contribution in [2.75, 3.05) is 0 Å². The van der Waals surface area contributed by atoms with Crippen LogP contribution in [0.15, 0.2) is 18.2 Å². The van der Waals surface area contributed by atoms with Crippen molar-refractivity contribution in [3.8, 4) is 6.07 Å². The fraction of sp³-hybridized carbons (Fsp3) is 0.467. The third-order valence-electron chi connectivity index (χ3n) is 4.01. The molecule has 0 bridgehead atoms. The maximum absolute atomic E-state index is 12.2. The number of hydrogen-bond donors (Lipinski definition) is 0. The summed E-state index contributed by atoms with van der Waals surface area (Å²) in [4.78, 5) is 12.2. The SMILES string of the molecule is N#CC1(C(=O)c2ccc3c(c2)CCCC3)CC1. The lowest BCUT2D eigenvalue weighted by Crippen LogP contribution is -2.15. The number of nitrogens with zero attached hydrogens (tertiary/aromatic N) is 1. The molecular weight excluding hydrogens is 210 g/mol. The Morgan fingerprint density at radius 3 is 2.53 bits per heavy atom. The second-order valence-corrected chi connectivity index (χ2v) is 5.21. The molecule has 2 nitrogen and oxygen atoms in total. The molecule has 17 heavy (non-hydrogen) atoms. The monoisotopic (exact) mass is 225 g/mol. The van der Waals surface area contributed by atoms with Crippen LogP contribution in [0.4, 0.5) is 0 Å². The third-order valence-corrected chi connectivity index (χ3v) is 4.01. The molecule has 2 aliphatic rings. The molecule has 0 amide bonds. The Labute approximate surface area is 101 Å². The van der Waals surface area contributed by atoms with E-state index in [-0.39, 0.29) is 5.78 Å². The standard InChI is InChI=1S/C15H15NO/c16-10-15(7-8-15)14(17)13-6-5-11-3-1-2-4-12(11)9-13/h5-6,9H,1-4,7-8H2. The van der Waals surface area contributed by atoms with Gasteiger partial charge in [0.05, 0.1) is 6.07 Å². The molecular formula is C15H15NO. The molecule has 0 atom stereocenters. The second kappa shape index (κ2) is 3.70. The Bertz CT molecular complexity index is 520. The predicted molar refractivity (Wildman–Crippen MR) is 64.7 cm³/mol. The van der Waals surface area contributed by atoms with Crippen molar-refractivity contribution in [2.45, 2.75) is 38.5 Å². The molecule has 0 radical (unpaired) electrons. The maximum Gasteiger partial charge on any atom is 0.183 e. The third kappa shape index (κ3) is 1.67. The molecule has 0 aromatic heterocycles. The number of aryl methyl sites for hydroxylation is 2. The summed E-state index contributed by atoms with van der Waals surface area (Å²) >= 11 is 0. The quantitative estimate of drug-likeness (QED) is 0.726. The summed E-state index contributed by atoms with van der Waals surface area (Å²) in [5.41, 5.74) is 2.76. The van der Waals surface area contributed by atoms with Gasteiger partial charge in [0.15, 0.2) is 5.78 Å². The molecule has 0 unspecified atom stereocenters. The first kappa shape index (κ1) is 10.5. The molecule has 0 heterocycles. The van der Waals surface area contributed by atoms with Gasteiger partial charge in [0.1, 0.15) is 5.41 Å². The van der Waals surface area contributed by atoms with Gasteiger partial charge in [0.2, 0.25) is 0 Å². The van der Waals surface area contributed by atoms with Crippen molar-refractivity contribution in [3.63, 3.8) is 0 Å². The summed E-state index contributed by atoms with van der Waals surface area (Å²) in [6.07, 6.45) is 6.15. The minimum absolute atomic E-state index is 0.0355. The highest BCUT2D eigenvalue weighted by atomic mass is 16.1. The van der Waals surface area contributed by atoms with E-state index >= 15 is 0 Å². The maximum atomic E-state index is 12.2. The molecule has 1 aromatic rings. The normalized spacial score (nSPS) is 20.2. The van der Waals surface area contributed by atoms with Gasteiger partial charge in [-0.2, -0.15) is 5.26 Å². The highest BCUT2D eigenvalue weighted by molar-refractivity contribution is 6.04. The number of carbonyl (C=O) groups excluding carboxylic acids is 1. The fourth-order valence-electron chi connectivity index (χ4n) is 2.67. The van der Waals surface area contributed by atoms with Gasteiger partial charge < -0.3 is 0 Å². The summed E-state index contributed by atoms with van der Waals surface area (Å²) in [7, 11) is 0. The molecule has 1 fully saturated rings. The van der Waals surface area contributed by atoms with Crippen LogP contribution in [0.2, 0.25) is 0 Å². The zero-order valence-corrected chi connectivity index (χ0v) is 9.83. The molecule has 2 aliphatic carbocycles. The number of hydrogen-bond acceptors (Lipinski definition) is 2. The van der Waals surface area contributed by atoms with Crippen LogP contribution in [-0.2, 0) is 12.8 Å². The average Bonchev–Trinajstić information content (AvgIpc) is 3.18. The molecule has 0 spiro atoms. The lowest BCUT2D eigenvalue weighted by molar-refractivity contribution is 0.0934. The van der Waals surface area contributed by atoms with E-state index < -0.39 is 5.41 Å². The Morgan fingerprint density at radius 2 is 1.88 bits per heavy atom. The van der Waals surface area contributed by atoms with Gasteiger partial charge in [-0.3, -0.25) is 4.79 Å². The predicted octanol–water partition coefficient (Wildman–Crippen LogP) is 3.05. The van der Waals surface area contributed by atoms with E-state index in [1.54, 1.807) is 0 Å². The van der Waals surface area contributed by atoms with Gasteiger partial charge in [-0.15, -0.1) is 0 Å². The van der Waals surface area contributed by atoms with Crippen molar-refractivity contribution in [1.82, 2.24) is 0 Å². The smallest absolute Gasteiger partial charge is 0.183 e. The molecule has 3 rings (SSSR count). The number of rotatable bonds is 2. The number of fused-ring (bicyclic) bond motifs is 1. The Hall–Kier alpha value is -1.62. The number of Topliss-reactive ketones (excluding diaryl/α,β-unsaturated/α-hetero) is 1. The van der Waals surface area contributed by atoms with E-state index in [4.69, 9.17) is 5.26 Å². The first-order valence-electron chi connectivity index (χ1n) is 6.33. The highest BCUT2D eigenvalue weighted by Crippen LogP contribution is 2.47. The Balaban J connectivity index is 1.94. The van der Waals surface area contributed by atoms with Gasteiger partial charge in [-0.25, -0.2) is 0 Å². The van der Waals surface area contributed by atoms with Crippen LogP contribution < -0.4 is 0 Å². The molecule has 0 aliphatic heterocycles. The molecule has 2 heteroatoms. The molecule has 0 saturated heterocycles. The number of nitriles is 1. The first-order chi connectivity index (χ1) is 8.25. The number of ketones is 1. The van der Waals surface area contributed by atoms with E-state index in [0.29, 0.717) is 0 Å². The molecule has 86 valence electrons. The van der Waals surface area contributed by atoms with Crippen molar-refractivity contribution < 1.29 is 4.79 Å². The van der Waals surface area contributed by atoms with Crippen molar-refractivity contribution >= 4 is 5.78 Å². The highest BCUT2D eigenvalue weighted by Gasteiger charge is 2.50. The molecule has 1 aromatic carbocycles. The van der Waals surface area contributed by atoms with Crippen LogP contribution in [0, 0.1) is 16.7 Å². The van der Waals surface area contributed by atoms with E-state index in [1.807, 2.05) is 12.1 Å². The summed E-state index contributed by atoms with van der Waals surface area (Å²) in [6.45, 7) is 0. The summed E-state index contributed by atoms with van der Waals surface area (Å²) in [5, 5.41) is 9.06. The van der Waals surface area contributed by atoms with Crippen LogP contribution >= 0.6 is 0 Å². The van der Waals surface area contributed by atoms with Crippen LogP contribution in [0.1, 0.15) is 47.2 Å². The van der Waals surface area contributed by atoms with Crippen LogP contribution in [0.3, 0.4) is 0 Å². The lowest BCUT2D eigenvalue weighted by Gasteiger charge is -2.16. The van der Waals surface area contributed by atoms with Gasteiger partial charge in [0.25, 0.3) is 0 Å². The van der Waals surface area contributed by atoms with Crippen LogP contribution in [0.25, 0.3) is 0 Å². The van der Waals surface area contributed by atoms with Gasteiger partial charge >= 0.3 is 0 Å². The average molecular weight is 225 g/mol. The number of carbonyl (C=O) groups is 1. The zero-order chi connectivity index (χ0) is 11.9. The largest absolute Gasteiger partial charge is 0.292 e. The Morgan fingerprint density at radius 1 is 1.18 bits per heavy atom. The van der Waals surface area contributed by atoms with Crippen LogP contribution in [0.5, 0.6) is 0 Å². The summed E-state index contributed by atoms with van der Waals surface area (Å²) in [5.74, 6) is 0.0355. The zero-order valence-electron chi connectivity index (χ0n) is 9.83. The molecule has 0 N–H and O–H groups in total. The van der Waals surface area contributed by atoms with Crippen molar-refractivity contribution in [1.29, 1.82) is 5.26 Å². The van der Waals surface area contributed by atoms with Gasteiger partial charge in [-0.05, 0) is 55.7 Å². The second-order valence-electron chi connectivity index (χ2n) is 5.21. The number of benzene rings is 1. The minimum Gasteiger partial charge on any atom is -0.292 e. The molecule has 1 saturated carbocycles. The topological polar surface area (TPSA) is 40.9 Å². The van der Waals surface area contributed by atoms with Crippen molar-refractivity contribution in [2.24, 2.45) is 5.41 Å². The minimum atomic E-state index is -0.678. The fourth-order valence-corrected chi connectivity index (χ4v) is 2.67. The summed E-state index contributed by atoms with van der Waals surface area (Å²) in [6, 6.07) is 8.19. The summed E-state index contributed by atoms with van der Waals surface area (Å²) < 4.78 is 0. The van der Waals surface area contributed by atoms with Gasteiger partial charge in [-0.1, -0.05) is 12.1 Å². The van der Waals surface area contributed by atoms with E-state index in [2.05, 4.69) is 12.1 Å². The van der Waals surface area contributed by atoms with E-state index in [0.717, 1.165) is 31.2 Å². The van der Waals surface area contributed by atoms with Crippen LogP contribution in [-0.4, -0.2) is 5.78 Å². The first-order valence-corrected chi connectivity index (χ1v) is 6.33. The lowest BCUT2D eigenvalue weighted by atomic mass is 9.87.